The summed E-state index contributed by atoms with van der Waals surface area (Å²) in [7, 11) is 1.80. The number of rotatable bonds is 3. The van der Waals surface area contributed by atoms with Gasteiger partial charge in [-0.2, -0.15) is 0 Å². The molecule has 100 valence electrons. The first-order valence-corrected chi connectivity index (χ1v) is 6.92. The Morgan fingerprint density at radius 2 is 2.05 bits per heavy atom. The molecule has 0 fully saturated rings. The summed E-state index contributed by atoms with van der Waals surface area (Å²) in [6.07, 6.45) is 1.60. The summed E-state index contributed by atoms with van der Waals surface area (Å²) in [5.74, 6) is -0.231. The normalized spacial score (nSPS) is 10.4. The van der Waals surface area contributed by atoms with E-state index < -0.39 is 0 Å². The van der Waals surface area contributed by atoms with Gasteiger partial charge in [0.15, 0.2) is 0 Å². The fourth-order valence-corrected chi connectivity index (χ4v) is 2.55. The van der Waals surface area contributed by atoms with Crippen LogP contribution in [0.5, 0.6) is 0 Å². The molecule has 0 atom stereocenters. The number of amides is 1. The molecule has 0 saturated carbocycles. The number of aromatic nitrogens is 2. The monoisotopic (exact) mass is 284 g/mol. The summed E-state index contributed by atoms with van der Waals surface area (Å²) < 4.78 is 1.04. The van der Waals surface area contributed by atoms with Crippen LogP contribution in [0.15, 0.2) is 42.0 Å². The number of anilines is 2. The molecule has 0 unspecified atom stereocenters. The molecule has 0 radical (unpaired) electrons. The van der Waals surface area contributed by atoms with E-state index in [-0.39, 0.29) is 5.91 Å². The Morgan fingerprint density at radius 1 is 1.15 bits per heavy atom. The van der Waals surface area contributed by atoms with E-state index in [0.29, 0.717) is 5.69 Å². The van der Waals surface area contributed by atoms with Crippen LogP contribution in [0.2, 0.25) is 0 Å². The number of carbonyl (C=O) groups is 1. The molecule has 0 aliphatic carbocycles. The Labute approximate surface area is 119 Å². The maximum absolute atomic E-state index is 12.1. The molecule has 0 aliphatic heterocycles. The van der Waals surface area contributed by atoms with Gasteiger partial charge in [0, 0.05) is 24.6 Å². The van der Waals surface area contributed by atoms with Crippen molar-refractivity contribution in [3.63, 3.8) is 0 Å². The summed E-state index contributed by atoms with van der Waals surface area (Å²) in [4.78, 5) is 20.4. The highest BCUT2D eigenvalue weighted by Gasteiger charge is 2.09. The van der Waals surface area contributed by atoms with Crippen LogP contribution < -0.4 is 10.6 Å². The Hall–Kier alpha value is -2.47. The van der Waals surface area contributed by atoms with Crippen LogP contribution in [-0.2, 0) is 0 Å². The van der Waals surface area contributed by atoms with Crippen LogP contribution in [0.3, 0.4) is 0 Å². The second-order valence-corrected chi connectivity index (χ2v) is 5.06. The lowest BCUT2D eigenvalue weighted by Gasteiger charge is -2.06. The number of carbonyl (C=O) groups excluding carboxylic acids is 1. The third kappa shape index (κ3) is 2.46. The van der Waals surface area contributed by atoms with Crippen LogP contribution in [-0.4, -0.2) is 22.9 Å². The van der Waals surface area contributed by atoms with E-state index in [4.69, 9.17) is 0 Å². The lowest BCUT2D eigenvalue weighted by atomic mass is 10.2. The molecule has 0 spiro atoms. The summed E-state index contributed by atoms with van der Waals surface area (Å²) in [5.41, 5.74) is 4.69. The van der Waals surface area contributed by atoms with Crippen LogP contribution in [0, 0.1) is 0 Å². The van der Waals surface area contributed by atoms with Crippen molar-refractivity contribution < 1.29 is 4.79 Å². The quantitative estimate of drug-likeness (QED) is 0.776. The van der Waals surface area contributed by atoms with Crippen molar-refractivity contribution in [2.45, 2.75) is 0 Å². The van der Waals surface area contributed by atoms with Crippen molar-refractivity contribution >= 4 is 38.8 Å². The lowest BCUT2D eigenvalue weighted by Crippen LogP contribution is -2.13. The molecule has 3 rings (SSSR count). The lowest BCUT2D eigenvalue weighted by molar-refractivity contribution is 0.102. The van der Waals surface area contributed by atoms with Gasteiger partial charge in [-0.25, -0.2) is 4.98 Å². The van der Waals surface area contributed by atoms with E-state index in [1.807, 2.05) is 18.2 Å². The zero-order valence-electron chi connectivity index (χ0n) is 10.8. The molecular formula is C14H12N4OS. The highest BCUT2D eigenvalue weighted by molar-refractivity contribution is 7.16. The minimum absolute atomic E-state index is 0.231. The molecule has 0 bridgehead atoms. The van der Waals surface area contributed by atoms with E-state index in [9.17, 15) is 4.79 Å². The van der Waals surface area contributed by atoms with Crippen LogP contribution >= 0.6 is 11.3 Å². The molecule has 1 amide bonds. The van der Waals surface area contributed by atoms with Crippen molar-refractivity contribution in [1.82, 2.24) is 9.97 Å². The Kier molecular flexibility index (Phi) is 3.30. The summed E-state index contributed by atoms with van der Waals surface area (Å²) in [5, 5.41) is 5.82. The second kappa shape index (κ2) is 5.26. The van der Waals surface area contributed by atoms with E-state index >= 15 is 0 Å². The first kappa shape index (κ1) is 12.6. The number of hydrogen-bond donors (Lipinski definition) is 2. The van der Waals surface area contributed by atoms with Gasteiger partial charge in [0.1, 0.15) is 5.69 Å². The molecule has 0 saturated heterocycles. The van der Waals surface area contributed by atoms with Crippen LogP contribution in [0.1, 0.15) is 10.5 Å². The number of fused-ring (bicyclic) bond motifs is 1. The first-order valence-electron chi connectivity index (χ1n) is 6.04. The van der Waals surface area contributed by atoms with Gasteiger partial charge in [-0.3, -0.25) is 9.78 Å². The van der Waals surface area contributed by atoms with E-state index in [2.05, 4.69) is 20.6 Å². The molecule has 5 nitrogen and oxygen atoms in total. The molecule has 2 heterocycles. The fourth-order valence-electron chi connectivity index (χ4n) is 1.84. The van der Waals surface area contributed by atoms with Gasteiger partial charge in [0.05, 0.1) is 15.7 Å². The van der Waals surface area contributed by atoms with Crippen molar-refractivity contribution in [2.24, 2.45) is 0 Å². The van der Waals surface area contributed by atoms with E-state index in [1.54, 1.807) is 42.2 Å². The molecule has 6 heteroatoms. The maximum atomic E-state index is 12.1. The topological polar surface area (TPSA) is 66.9 Å². The van der Waals surface area contributed by atoms with Crippen molar-refractivity contribution in [2.75, 3.05) is 17.7 Å². The minimum atomic E-state index is -0.231. The summed E-state index contributed by atoms with van der Waals surface area (Å²) in [6.45, 7) is 0. The molecule has 2 N–H and O–H groups in total. The number of benzene rings is 1. The number of pyridine rings is 1. The molecule has 3 aromatic rings. The molecule has 2 aromatic heterocycles. The molecule has 0 aliphatic rings. The van der Waals surface area contributed by atoms with Gasteiger partial charge in [-0.15, -0.1) is 11.3 Å². The molecule has 20 heavy (non-hydrogen) atoms. The fraction of sp³-hybridized carbons (Fsp3) is 0.0714. The van der Waals surface area contributed by atoms with Gasteiger partial charge in [-0.05, 0) is 30.3 Å². The number of thiazole rings is 1. The summed E-state index contributed by atoms with van der Waals surface area (Å²) in [6, 6.07) is 9.15. The minimum Gasteiger partial charge on any atom is -0.388 e. The predicted octanol–water partition coefficient (Wildman–Crippen LogP) is 2.99. The zero-order valence-corrected chi connectivity index (χ0v) is 11.6. The average Bonchev–Trinajstić information content (AvgIpc) is 2.95. The zero-order chi connectivity index (χ0) is 13.9. The van der Waals surface area contributed by atoms with Crippen molar-refractivity contribution in [3.05, 3.63) is 47.7 Å². The van der Waals surface area contributed by atoms with E-state index in [1.165, 1.54) is 0 Å². The molecular weight excluding hydrogens is 272 g/mol. The number of nitrogens with one attached hydrogen (secondary N) is 2. The Morgan fingerprint density at radius 3 is 2.90 bits per heavy atom. The highest BCUT2D eigenvalue weighted by atomic mass is 32.1. The van der Waals surface area contributed by atoms with Gasteiger partial charge < -0.3 is 10.6 Å². The van der Waals surface area contributed by atoms with Gasteiger partial charge in [0.25, 0.3) is 5.91 Å². The second-order valence-electron chi connectivity index (χ2n) is 4.17. The summed E-state index contributed by atoms with van der Waals surface area (Å²) >= 11 is 1.54. The predicted molar refractivity (Wildman–Crippen MR) is 81.4 cm³/mol. The van der Waals surface area contributed by atoms with Crippen LogP contribution in [0.4, 0.5) is 11.4 Å². The average molecular weight is 284 g/mol. The first-order chi connectivity index (χ1) is 9.76. The van der Waals surface area contributed by atoms with Gasteiger partial charge >= 0.3 is 0 Å². The third-order valence-corrected chi connectivity index (χ3v) is 3.66. The standard InChI is InChI=1S/C14H12N4OS/c1-15-9-4-5-16-12(6-9)14(19)18-10-2-3-11-13(7-10)20-8-17-11/h2-8H,1H3,(H,15,16)(H,18,19). The number of nitrogens with zero attached hydrogens (tertiary/aromatic N) is 2. The van der Waals surface area contributed by atoms with Gasteiger partial charge in [0.2, 0.25) is 0 Å². The SMILES string of the molecule is CNc1ccnc(C(=O)Nc2ccc3ncsc3c2)c1. The Balaban J connectivity index is 1.83. The highest BCUT2D eigenvalue weighted by Crippen LogP contribution is 2.22. The maximum Gasteiger partial charge on any atom is 0.274 e. The Bertz CT molecular complexity index is 768. The number of hydrogen-bond acceptors (Lipinski definition) is 5. The third-order valence-electron chi connectivity index (χ3n) is 2.87. The largest absolute Gasteiger partial charge is 0.388 e. The van der Waals surface area contributed by atoms with E-state index in [0.717, 1.165) is 21.6 Å². The van der Waals surface area contributed by atoms with Crippen molar-refractivity contribution in [1.29, 1.82) is 0 Å². The van der Waals surface area contributed by atoms with Crippen LogP contribution in [0.25, 0.3) is 10.2 Å². The van der Waals surface area contributed by atoms with Crippen molar-refractivity contribution in [3.8, 4) is 0 Å². The van der Waals surface area contributed by atoms with Gasteiger partial charge in [-0.1, -0.05) is 0 Å². The smallest absolute Gasteiger partial charge is 0.274 e. The molecule has 1 aromatic carbocycles.